The molecule has 8 nitrogen and oxygen atoms in total. The molecule has 0 bridgehead atoms. The molecule has 1 atom stereocenters. The molecule has 1 unspecified atom stereocenters. The lowest BCUT2D eigenvalue weighted by atomic mass is 10.0. The van der Waals surface area contributed by atoms with E-state index in [1.807, 2.05) is 29.2 Å². The van der Waals surface area contributed by atoms with Crippen molar-refractivity contribution in [2.45, 2.75) is 46.1 Å². The summed E-state index contributed by atoms with van der Waals surface area (Å²) in [6.07, 6.45) is 1.88. The minimum Gasteiger partial charge on any atom is -0.506 e. The molecule has 36 heavy (non-hydrogen) atoms. The van der Waals surface area contributed by atoms with Crippen molar-refractivity contribution in [3.8, 4) is 11.5 Å². The first kappa shape index (κ1) is 27.5. The van der Waals surface area contributed by atoms with Gasteiger partial charge in [-0.05, 0) is 49.4 Å². The summed E-state index contributed by atoms with van der Waals surface area (Å²) in [4.78, 5) is 26.5. The number of rotatable bonds is 14. The van der Waals surface area contributed by atoms with Crippen LogP contribution in [0.15, 0.2) is 42.5 Å². The van der Waals surface area contributed by atoms with Gasteiger partial charge in [0.1, 0.15) is 11.4 Å². The van der Waals surface area contributed by atoms with Gasteiger partial charge in [-0.1, -0.05) is 50.2 Å². The number of amides is 2. The summed E-state index contributed by atoms with van der Waals surface area (Å²) in [7, 11) is 0. The molecule has 8 heteroatoms. The zero-order valence-electron chi connectivity index (χ0n) is 21.6. The number of aromatic hydroxyl groups is 1. The predicted molar refractivity (Wildman–Crippen MR) is 140 cm³/mol. The number of benzene rings is 2. The molecule has 2 amide bonds. The smallest absolute Gasteiger partial charge is 0.262 e. The molecular weight excluding hydrogens is 458 g/mol. The molecular formula is C28H39N3O5. The number of ether oxygens (including phenoxy) is 2. The number of hydrogen-bond acceptors (Lipinski definition) is 6. The number of nitrogens with zero attached hydrogens (tertiary/aromatic N) is 1. The highest BCUT2D eigenvalue weighted by atomic mass is 16.5. The van der Waals surface area contributed by atoms with Gasteiger partial charge in [-0.3, -0.25) is 9.59 Å². The molecule has 0 saturated carbocycles. The maximum absolute atomic E-state index is 13.0. The van der Waals surface area contributed by atoms with Gasteiger partial charge in [0, 0.05) is 19.1 Å². The third kappa shape index (κ3) is 7.96. The quantitative estimate of drug-likeness (QED) is 0.273. The predicted octanol–water partition coefficient (Wildman–Crippen LogP) is 3.38. The Morgan fingerprint density at radius 3 is 2.64 bits per heavy atom. The van der Waals surface area contributed by atoms with Crippen LogP contribution in [0.3, 0.4) is 0 Å². The Balaban J connectivity index is 1.42. The minimum absolute atomic E-state index is 0.00404. The van der Waals surface area contributed by atoms with Crippen LogP contribution in [0.4, 0.5) is 5.69 Å². The lowest BCUT2D eigenvalue weighted by molar-refractivity contribution is -0.135. The van der Waals surface area contributed by atoms with E-state index in [0.29, 0.717) is 63.0 Å². The fourth-order valence-corrected chi connectivity index (χ4v) is 4.11. The number of phenolic OH excluding ortho intramolecular Hbond substituents is 1. The van der Waals surface area contributed by atoms with E-state index in [-0.39, 0.29) is 30.2 Å². The Bertz CT molecular complexity index is 996. The number of phenols is 1. The Labute approximate surface area is 214 Å². The van der Waals surface area contributed by atoms with Crippen molar-refractivity contribution >= 4 is 17.5 Å². The average molecular weight is 498 g/mol. The summed E-state index contributed by atoms with van der Waals surface area (Å²) in [6, 6.07) is 13.7. The molecule has 0 radical (unpaired) electrons. The molecule has 2 aromatic carbocycles. The fraction of sp³-hybridized carbons (Fsp3) is 0.500. The maximum Gasteiger partial charge on any atom is 0.262 e. The average Bonchev–Trinajstić information content (AvgIpc) is 2.87. The van der Waals surface area contributed by atoms with Gasteiger partial charge in [0.15, 0.2) is 12.4 Å². The zero-order chi connectivity index (χ0) is 25.9. The van der Waals surface area contributed by atoms with Crippen LogP contribution < -0.4 is 15.4 Å². The SMILES string of the molecule is CC(C)C(C)N(CCNCCc1ccc(O)c2c1OCC(=O)N2)C(=O)CCOCCc1ccccc1. The van der Waals surface area contributed by atoms with Crippen LogP contribution in [-0.4, -0.2) is 67.3 Å². The van der Waals surface area contributed by atoms with Crippen LogP contribution in [0.5, 0.6) is 11.5 Å². The molecule has 2 aromatic rings. The number of nitrogens with one attached hydrogen (secondary N) is 2. The molecule has 1 aliphatic rings. The van der Waals surface area contributed by atoms with Gasteiger partial charge in [-0.25, -0.2) is 0 Å². The standard InChI is InChI=1S/C28H39N3O5/c1-20(2)21(3)31(26(34)13-18-35-17-12-22-7-5-4-6-8-22)16-15-29-14-11-23-9-10-24(32)27-28(23)36-19-25(33)30-27/h4-10,20-21,29,32H,11-19H2,1-3H3,(H,30,33). The minimum atomic E-state index is -0.279. The Hall–Kier alpha value is -3.10. The Morgan fingerprint density at radius 1 is 1.11 bits per heavy atom. The van der Waals surface area contributed by atoms with Crippen LogP contribution in [0.1, 0.15) is 38.3 Å². The summed E-state index contributed by atoms with van der Waals surface area (Å²) in [6.45, 7) is 9.26. The fourth-order valence-electron chi connectivity index (χ4n) is 4.11. The normalized spacial score (nSPS) is 13.6. The molecule has 1 heterocycles. The molecule has 3 N–H and O–H groups in total. The van der Waals surface area contributed by atoms with Gasteiger partial charge in [0.2, 0.25) is 5.91 Å². The summed E-state index contributed by atoms with van der Waals surface area (Å²) in [5.74, 6) is 0.696. The van der Waals surface area contributed by atoms with Crippen molar-refractivity contribution in [1.29, 1.82) is 0 Å². The van der Waals surface area contributed by atoms with Crippen molar-refractivity contribution in [2.75, 3.05) is 44.8 Å². The van der Waals surface area contributed by atoms with E-state index >= 15 is 0 Å². The molecule has 0 aliphatic carbocycles. The third-order valence-corrected chi connectivity index (χ3v) is 6.54. The largest absolute Gasteiger partial charge is 0.506 e. The van der Waals surface area contributed by atoms with E-state index in [2.05, 4.69) is 43.5 Å². The molecule has 0 aromatic heterocycles. The first-order chi connectivity index (χ1) is 17.4. The molecule has 0 fully saturated rings. The zero-order valence-corrected chi connectivity index (χ0v) is 21.6. The number of anilines is 1. The Kier molecular flexibility index (Phi) is 10.6. The van der Waals surface area contributed by atoms with Gasteiger partial charge in [-0.2, -0.15) is 0 Å². The van der Waals surface area contributed by atoms with E-state index in [1.54, 1.807) is 6.07 Å². The first-order valence-electron chi connectivity index (χ1n) is 12.8. The second-order valence-corrected chi connectivity index (χ2v) is 9.45. The first-order valence-corrected chi connectivity index (χ1v) is 12.8. The summed E-state index contributed by atoms with van der Waals surface area (Å²) < 4.78 is 11.3. The van der Waals surface area contributed by atoms with Crippen molar-refractivity contribution in [1.82, 2.24) is 10.2 Å². The van der Waals surface area contributed by atoms with Crippen LogP contribution >= 0.6 is 0 Å². The second-order valence-electron chi connectivity index (χ2n) is 9.45. The second kappa shape index (κ2) is 13.8. The summed E-state index contributed by atoms with van der Waals surface area (Å²) >= 11 is 0. The number of fused-ring (bicyclic) bond motifs is 1. The van der Waals surface area contributed by atoms with Crippen molar-refractivity contribution in [2.24, 2.45) is 5.92 Å². The van der Waals surface area contributed by atoms with Gasteiger partial charge in [-0.15, -0.1) is 0 Å². The maximum atomic E-state index is 13.0. The van der Waals surface area contributed by atoms with Crippen molar-refractivity contribution in [3.63, 3.8) is 0 Å². The van der Waals surface area contributed by atoms with Crippen LogP contribution in [-0.2, 0) is 27.2 Å². The lowest BCUT2D eigenvalue weighted by Crippen LogP contribution is -2.45. The lowest BCUT2D eigenvalue weighted by Gasteiger charge is -2.32. The highest BCUT2D eigenvalue weighted by Crippen LogP contribution is 2.39. The van der Waals surface area contributed by atoms with Crippen LogP contribution in [0, 0.1) is 5.92 Å². The highest BCUT2D eigenvalue weighted by molar-refractivity contribution is 5.97. The van der Waals surface area contributed by atoms with E-state index in [0.717, 1.165) is 12.0 Å². The van der Waals surface area contributed by atoms with E-state index in [1.165, 1.54) is 5.56 Å². The van der Waals surface area contributed by atoms with E-state index in [9.17, 15) is 14.7 Å². The summed E-state index contributed by atoms with van der Waals surface area (Å²) in [5.41, 5.74) is 2.47. The van der Waals surface area contributed by atoms with E-state index in [4.69, 9.17) is 9.47 Å². The van der Waals surface area contributed by atoms with Crippen molar-refractivity contribution < 1.29 is 24.2 Å². The monoisotopic (exact) mass is 497 g/mol. The van der Waals surface area contributed by atoms with Crippen LogP contribution in [0.25, 0.3) is 0 Å². The Morgan fingerprint density at radius 2 is 1.89 bits per heavy atom. The number of hydrogen-bond donors (Lipinski definition) is 3. The van der Waals surface area contributed by atoms with Gasteiger partial charge >= 0.3 is 0 Å². The number of carbonyl (C=O) groups excluding carboxylic acids is 2. The molecule has 0 saturated heterocycles. The summed E-state index contributed by atoms with van der Waals surface area (Å²) in [5, 5.41) is 16.1. The van der Waals surface area contributed by atoms with E-state index < -0.39 is 0 Å². The highest BCUT2D eigenvalue weighted by Gasteiger charge is 2.23. The molecule has 0 spiro atoms. The topological polar surface area (TPSA) is 100 Å². The third-order valence-electron chi connectivity index (χ3n) is 6.54. The van der Waals surface area contributed by atoms with Gasteiger partial charge < -0.3 is 30.1 Å². The molecule has 1 aliphatic heterocycles. The number of carbonyl (C=O) groups is 2. The van der Waals surface area contributed by atoms with Gasteiger partial charge in [0.25, 0.3) is 5.91 Å². The van der Waals surface area contributed by atoms with Crippen molar-refractivity contribution in [3.05, 3.63) is 53.6 Å². The van der Waals surface area contributed by atoms with Crippen LogP contribution in [0.2, 0.25) is 0 Å². The molecule has 3 rings (SSSR count). The molecule has 196 valence electrons. The van der Waals surface area contributed by atoms with Gasteiger partial charge in [0.05, 0.1) is 19.6 Å².